The Labute approximate surface area is 256 Å². The van der Waals surface area contributed by atoms with Crippen molar-refractivity contribution in [3.8, 4) is 0 Å². The van der Waals surface area contributed by atoms with Gasteiger partial charge in [0.15, 0.2) is 5.78 Å². The first kappa shape index (κ1) is 29.7. The molecule has 8 bridgehead atoms. The number of aryl methyl sites for hydroxylation is 2. The standard InChI is InChI=1S/C34H35N4O3.Fe/c1-8-20-16(3)24-13-26-18(5)22(10-11-31(40)41-7)33(37-26)23-12-30(39)32-19(6)27(38-34(23)32)15-29-21(9-2)17(4)25(36-29)14-28(20)35-24;/h8,13-15,18,22H,1,9-12H2,2-7H3,(H-,35,36,37,38,39);/q-1;/p-1/t18-,22-;/m0./s1. The molecule has 0 amide bonds. The molecule has 6 rings (SSSR count). The fourth-order valence-corrected chi connectivity index (χ4v) is 6.64. The summed E-state index contributed by atoms with van der Waals surface area (Å²) in [6.07, 6.45) is 3.78. The van der Waals surface area contributed by atoms with E-state index in [0.29, 0.717) is 17.5 Å². The number of esters is 1. The Hall–Kier alpha value is -3.74. The number of fused-ring (bicyclic) bond motifs is 8. The maximum atomic E-state index is 13.4. The van der Waals surface area contributed by atoms with E-state index >= 15 is 0 Å². The van der Waals surface area contributed by atoms with Gasteiger partial charge in [-0.3, -0.25) is 14.6 Å². The van der Waals surface area contributed by atoms with Crippen molar-refractivity contribution in [1.82, 2.24) is 19.9 Å². The van der Waals surface area contributed by atoms with Crippen LogP contribution in [0.15, 0.2) is 24.8 Å². The second-order valence-electron chi connectivity index (χ2n) is 11.3. The Morgan fingerprint density at radius 2 is 1.79 bits per heavy atom. The molecule has 3 aromatic rings. The molecule has 218 valence electrons. The summed E-state index contributed by atoms with van der Waals surface area (Å²) in [6, 6.07) is 6.09. The first-order valence-electron chi connectivity index (χ1n) is 14.3. The van der Waals surface area contributed by atoms with Crippen LogP contribution >= 0.6 is 0 Å². The zero-order valence-corrected chi connectivity index (χ0v) is 26.0. The first-order valence-corrected chi connectivity index (χ1v) is 14.3. The van der Waals surface area contributed by atoms with E-state index in [0.717, 1.165) is 79.1 Å². The smallest absolute Gasteiger partial charge is 0.305 e. The maximum Gasteiger partial charge on any atom is 0.305 e. The number of nitrogens with zero attached hydrogens (tertiary/aromatic N) is 4. The van der Waals surface area contributed by atoms with Crippen LogP contribution in [0.1, 0.15) is 107 Å². The van der Waals surface area contributed by atoms with E-state index in [1.807, 2.05) is 31.2 Å². The van der Waals surface area contributed by atoms with Gasteiger partial charge in [-0.15, -0.1) is 22.1 Å². The molecule has 3 aromatic heterocycles. The van der Waals surface area contributed by atoms with Crippen LogP contribution in [0.4, 0.5) is 0 Å². The van der Waals surface area contributed by atoms with Gasteiger partial charge in [0.05, 0.1) is 18.5 Å². The van der Waals surface area contributed by atoms with Crippen molar-refractivity contribution < 1.29 is 31.4 Å². The van der Waals surface area contributed by atoms with Crippen LogP contribution < -0.4 is 9.97 Å². The maximum absolute atomic E-state index is 13.4. The van der Waals surface area contributed by atoms with Gasteiger partial charge < -0.3 is 14.7 Å². The number of aromatic nitrogens is 4. The molecule has 0 saturated carbocycles. The van der Waals surface area contributed by atoms with Crippen molar-refractivity contribution in [3.63, 3.8) is 0 Å². The number of carbonyl (C=O) groups excluding carboxylic acids is 2. The molecule has 2 aliphatic heterocycles. The predicted molar refractivity (Wildman–Crippen MR) is 162 cm³/mol. The largest absolute Gasteiger partial charge is 0.657 e. The monoisotopic (exact) mass is 602 g/mol. The number of rotatable bonds is 5. The molecule has 3 aliphatic rings. The number of carbonyl (C=O) groups is 2. The predicted octanol–water partition coefficient (Wildman–Crippen LogP) is 6.75. The van der Waals surface area contributed by atoms with E-state index in [-0.39, 0.29) is 53.5 Å². The van der Waals surface area contributed by atoms with Crippen molar-refractivity contribution in [2.45, 2.75) is 72.1 Å². The molecule has 0 N–H and O–H groups in total. The van der Waals surface area contributed by atoms with E-state index < -0.39 is 0 Å². The normalized spacial score (nSPS) is 17.4. The quantitative estimate of drug-likeness (QED) is 0.235. The summed E-state index contributed by atoms with van der Waals surface area (Å²) in [5, 5.41) is 0. The van der Waals surface area contributed by atoms with Gasteiger partial charge in [-0.05, 0) is 55.9 Å². The van der Waals surface area contributed by atoms with Gasteiger partial charge >= 0.3 is 5.97 Å². The summed E-state index contributed by atoms with van der Waals surface area (Å²) in [5.74, 6) is -0.233. The molecule has 8 heteroatoms. The van der Waals surface area contributed by atoms with Crippen molar-refractivity contribution in [1.29, 1.82) is 0 Å². The zero-order chi connectivity index (χ0) is 29.2. The van der Waals surface area contributed by atoms with Crippen LogP contribution in [0.5, 0.6) is 0 Å². The van der Waals surface area contributed by atoms with E-state index in [1.54, 1.807) is 0 Å². The number of Topliss-reactive ketones (excluding diaryl/α,β-unsaturated/α-hetero) is 1. The molecular weight excluding hydrogens is 568 g/mol. The van der Waals surface area contributed by atoms with Gasteiger partial charge in [0.1, 0.15) is 0 Å². The van der Waals surface area contributed by atoms with Crippen LogP contribution in [0.25, 0.3) is 39.3 Å². The molecule has 0 radical (unpaired) electrons. The molecule has 5 heterocycles. The average Bonchev–Trinajstić information content (AvgIpc) is 3.70. The average molecular weight is 603 g/mol. The van der Waals surface area contributed by atoms with Crippen molar-refractivity contribution in [2.75, 3.05) is 7.11 Å². The number of allylic oxidation sites excluding steroid dienone is 2. The number of ether oxygens (including phenoxy) is 1. The molecular formula is C34H34FeN4O3-2. The Morgan fingerprint density at radius 3 is 2.48 bits per heavy atom. The third kappa shape index (κ3) is 4.58. The Bertz CT molecular complexity index is 1860. The second kappa shape index (κ2) is 11.2. The van der Waals surface area contributed by atoms with Gasteiger partial charge in [0.2, 0.25) is 0 Å². The molecule has 0 spiro atoms. The molecule has 0 saturated heterocycles. The molecule has 2 atom stereocenters. The van der Waals surface area contributed by atoms with Crippen molar-refractivity contribution in [3.05, 3.63) is 75.4 Å². The van der Waals surface area contributed by atoms with E-state index in [9.17, 15) is 9.59 Å². The minimum absolute atomic E-state index is 0. The molecule has 0 unspecified atom stereocenters. The summed E-state index contributed by atoms with van der Waals surface area (Å²) < 4.78 is 4.95. The number of methoxy groups -OCH3 is 1. The van der Waals surface area contributed by atoms with Crippen molar-refractivity contribution >= 4 is 51.0 Å². The van der Waals surface area contributed by atoms with Crippen LogP contribution in [0.3, 0.4) is 0 Å². The Morgan fingerprint density at radius 1 is 1.07 bits per heavy atom. The third-order valence-corrected chi connectivity index (χ3v) is 9.08. The van der Waals surface area contributed by atoms with Crippen LogP contribution in [0, 0.1) is 13.8 Å². The minimum Gasteiger partial charge on any atom is -0.657 e. The van der Waals surface area contributed by atoms with Gasteiger partial charge in [-0.2, -0.15) is 0 Å². The summed E-state index contributed by atoms with van der Waals surface area (Å²) in [5.41, 5.74) is 13.3. The number of ketones is 1. The van der Waals surface area contributed by atoms with E-state index in [4.69, 9.17) is 24.7 Å². The SMILES string of the molecule is C=Cc1c(C)c2cc3nc(c4c5[n-]c(cc6nc(cc1[n-]2)C(C)=C6CC)c(C)c5C(=O)C4)[C@@H](CCC(=O)OC)[C@@H]3C.[Fe]. The minimum atomic E-state index is -0.257. The van der Waals surface area contributed by atoms with Gasteiger partial charge in [-0.25, -0.2) is 4.98 Å². The van der Waals surface area contributed by atoms with E-state index in [2.05, 4.69) is 34.3 Å². The van der Waals surface area contributed by atoms with Crippen LogP contribution in [0.2, 0.25) is 0 Å². The fraction of sp³-hybridized carbons (Fsp3) is 0.353. The zero-order valence-electron chi connectivity index (χ0n) is 24.9. The Kier molecular flexibility index (Phi) is 7.90. The molecule has 0 fully saturated rings. The molecule has 0 aromatic carbocycles. The fourth-order valence-electron chi connectivity index (χ4n) is 6.64. The molecule has 7 nitrogen and oxygen atoms in total. The third-order valence-electron chi connectivity index (χ3n) is 9.08. The van der Waals surface area contributed by atoms with Crippen LogP contribution in [-0.4, -0.2) is 28.8 Å². The van der Waals surface area contributed by atoms with E-state index in [1.165, 1.54) is 7.11 Å². The second-order valence-corrected chi connectivity index (χ2v) is 11.3. The van der Waals surface area contributed by atoms with Gasteiger partial charge in [0.25, 0.3) is 0 Å². The Balaban J connectivity index is 0.00000353. The van der Waals surface area contributed by atoms with Gasteiger partial charge in [-0.1, -0.05) is 55.8 Å². The molecule has 42 heavy (non-hydrogen) atoms. The summed E-state index contributed by atoms with van der Waals surface area (Å²) >= 11 is 0. The topological polar surface area (TPSA) is 97.4 Å². The van der Waals surface area contributed by atoms with Crippen LogP contribution in [-0.2, 0) is 33.0 Å². The number of hydrogen-bond acceptors (Lipinski definition) is 5. The number of hydrogen-bond donors (Lipinski definition) is 0. The summed E-state index contributed by atoms with van der Waals surface area (Å²) in [6.45, 7) is 14.4. The van der Waals surface area contributed by atoms with Gasteiger partial charge in [0, 0.05) is 58.7 Å². The van der Waals surface area contributed by atoms with Crippen molar-refractivity contribution in [2.24, 2.45) is 0 Å². The summed E-state index contributed by atoms with van der Waals surface area (Å²) in [4.78, 5) is 45.8. The summed E-state index contributed by atoms with van der Waals surface area (Å²) in [7, 11) is 1.41. The first-order chi connectivity index (χ1) is 19.7. The molecule has 1 aliphatic carbocycles.